The fourth-order valence-corrected chi connectivity index (χ4v) is 2.17. The molecule has 0 unspecified atom stereocenters. The maximum Gasteiger partial charge on any atom is 0.233 e. The number of hydrogen-bond donors (Lipinski definition) is 0. The van der Waals surface area contributed by atoms with Crippen LogP contribution in [0.25, 0.3) is 0 Å². The molecule has 0 aliphatic carbocycles. The summed E-state index contributed by atoms with van der Waals surface area (Å²) < 4.78 is 0. The van der Waals surface area contributed by atoms with E-state index in [0.717, 1.165) is 25.2 Å². The van der Waals surface area contributed by atoms with Crippen LogP contribution in [0.15, 0.2) is 23.4 Å². The summed E-state index contributed by atoms with van der Waals surface area (Å²) >= 11 is 0. The lowest BCUT2D eigenvalue weighted by Crippen LogP contribution is -2.34. The third-order valence-electron chi connectivity index (χ3n) is 3.02. The fourth-order valence-electron chi connectivity index (χ4n) is 2.17. The second-order valence-corrected chi connectivity index (χ2v) is 5.13. The van der Waals surface area contributed by atoms with Crippen LogP contribution in [-0.2, 0) is 4.79 Å². The maximum atomic E-state index is 12.2. The van der Waals surface area contributed by atoms with Crippen LogP contribution in [0.3, 0.4) is 0 Å². The Bertz CT molecular complexity index is 342. The Hall–Kier alpha value is -1.09. The van der Waals surface area contributed by atoms with Gasteiger partial charge in [0.25, 0.3) is 0 Å². The summed E-state index contributed by atoms with van der Waals surface area (Å²) in [5.41, 5.74) is 2.24. The van der Waals surface area contributed by atoms with E-state index in [0.29, 0.717) is 0 Å². The van der Waals surface area contributed by atoms with E-state index in [2.05, 4.69) is 32.0 Å². The number of amides is 1. The van der Waals surface area contributed by atoms with Crippen LogP contribution in [0.4, 0.5) is 0 Å². The summed E-state index contributed by atoms with van der Waals surface area (Å²) in [6.07, 6.45) is 5.14. The molecule has 0 fully saturated rings. The molecule has 1 atom stereocenters. The van der Waals surface area contributed by atoms with Gasteiger partial charge >= 0.3 is 0 Å². The number of hydrogen-bond acceptors (Lipinski definition) is 2. The predicted octanol–water partition coefficient (Wildman–Crippen LogP) is 2.27. The normalized spacial score (nSPS) is 21.4. The van der Waals surface area contributed by atoms with E-state index >= 15 is 0 Å². The lowest BCUT2D eigenvalue weighted by molar-refractivity contribution is -0.131. The zero-order valence-corrected chi connectivity index (χ0v) is 11.7. The fraction of sp³-hybridized carbons (Fsp3) is 0.643. The molecule has 1 aliphatic heterocycles. The first kappa shape index (κ1) is 14.0. The molecular formula is C14H24N2O. The minimum Gasteiger partial charge on any atom is -0.316 e. The second-order valence-electron chi connectivity index (χ2n) is 5.13. The molecule has 1 heterocycles. The average molecular weight is 236 g/mol. The number of nitrogens with zero attached hydrogens (tertiary/aromatic N) is 2. The van der Waals surface area contributed by atoms with Crippen molar-refractivity contribution in [3.63, 3.8) is 0 Å². The minimum absolute atomic E-state index is 0.0111. The topological polar surface area (TPSA) is 23.6 Å². The Morgan fingerprint density at radius 2 is 2.00 bits per heavy atom. The van der Waals surface area contributed by atoms with Gasteiger partial charge in [-0.3, -0.25) is 4.79 Å². The minimum atomic E-state index is -0.0111. The van der Waals surface area contributed by atoms with E-state index in [1.807, 2.05) is 24.8 Å². The molecule has 0 aromatic carbocycles. The molecule has 3 heteroatoms. The molecule has 0 saturated heterocycles. The van der Waals surface area contributed by atoms with Gasteiger partial charge in [0.05, 0.1) is 5.92 Å². The molecule has 0 radical (unpaired) electrons. The third-order valence-corrected chi connectivity index (χ3v) is 3.02. The van der Waals surface area contributed by atoms with Crippen LogP contribution >= 0.6 is 0 Å². The molecule has 1 rings (SSSR count). The van der Waals surface area contributed by atoms with E-state index in [-0.39, 0.29) is 11.8 Å². The molecule has 1 aliphatic rings. The summed E-state index contributed by atoms with van der Waals surface area (Å²) in [7, 11) is 4.11. The monoisotopic (exact) mass is 236 g/mol. The molecule has 0 aromatic rings. The van der Waals surface area contributed by atoms with Crippen molar-refractivity contribution in [2.24, 2.45) is 5.92 Å². The van der Waals surface area contributed by atoms with Crippen LogP contribution in [0.2, 0.25) is 0 Å². The number of carbonyl (C=O) groups excluding carboxylic acids is 1. The highest BCUT2D eigenvalue weighted by Gasteiger charge is 2.22. The van der Waals surface area contributed by atoms with Crippen LogP contribution in [0, 0.1) is 5.92 Å². The van der Waals surface area contributed by atoms with Gasteiger partial charge in [-0.05, 0) is 47.0 Å². The molecule has 0 aromatic heterocycles. The SMILES string of the molecule is CC1=C[C@@H](C)C(=O)N(CCCN(C)C)C(C)=C1. The van der Waals surface area contributed by atoms with E-state index in [1.54, 1.807) is 0 Å². The second kappa shape index (κ2) is 6.01. The summed E-state index contributed by atoms with van der Waals surface area (Å²) in [4.78, 5) is 16.3. The van der Waals surface area contributed by atoms with Gasteiger partial charge in [-0.2, -0.15) is 0 Å². The van der Waals surface area contributed by atoms with Crippen LogP contribution in [0.1, 0.15) is 27.2 Å². The standard InChI is InChI=1S/C14H24N2O/c1-11-9-12(2)14(17)16(13(3)10-11)8-6-7-15(4)5/h9-10,12H,6-8H2,1-5H3/t12-/m1/s1. The van der Waals surface area contributed by atoms with Gasteiger partial charge in [-0.25, -0.2) is 0 Å². The van der Waals surface area contributed by atoms with Gasteiger partial charge in [-0.1, -0.05) is 18.6 Å². The Morgan fingerprint density at radius 1 is 1.35 bits per heavy atom. The smallest absolute Gasteiger partial charge is 0.233 e. The molecular weight excluding hydrogens is 212 g/mol. The van der Waals surface area contributed by atoms with Crippen LogP contribution < -0.4 is 0 Å². The number of rotatable bonds is 4. The van der Waals surface area contributed by atoms with Gasteiger partial charge in [0, 0.05) is 12.2 Å². The number of carbonyl (C=O) groups is 1. The number of allylic oxidation sites excluding steroid dienone is 3. The van der Waals surface area contributed by atoms with Crippen molar-refractivity contribution in [2.45, 2.75) is 27.2 Å². The first-order chi connectivity index (χ1) is 7.91. The maximum absolute atomic E-state index is 12.2. The van der Waals surface area contributed by atoms with E-state index in [1.165, 1.54) is 5.57 Å². The summed E-state index contributed by atoms with van der Waals surface area (Å²) in [5, 5.41) is 0. The predicted molar refractivity (Wildman–Crippen MR) is 71.6 cm³/mol. The Morgan fingerprint density at radius 3 is 2.59 bits per heavy atom. The van der Waals surface area contributed by atoms with Crippen molar-refractivity contribution in [2.75, 3.05) is 27.2 Å². The molecule has 3 nitrogen and oxygen atoms in total. The quantitative estimate of drug-likeness (QED) is 0.747. The lowest BCUT2D eigenvalue weighted by Gasteiger charge is -2.24. The van der Waals surface area contributed by atoms with Crippen LogP contribution in [-0.4, -0.2) is 42.9 Å². The molecule has 0 N–H and O–H groups in total. The lowest BCUT2D eigenvalue weighted by atomic mass is 10.1. The van der Waals surface area contributed by atoms with Crippen LogP contribution in [0.5, 0.6) is 0 Å². The Labute approximate surface area is 105 Å². The first-order valence-corrected chi connectivity index (χ1v) is 6.24. The van der Waals surface area contributed by atoms with Crippen molar-refractivity contribution in [3.8, 4) is 0 Å². The van der Waals surface area contributed by atoms with E-state index < -0.39 is 0 Å². The van der Waals surface area contributed by atoms with Gasteiger partial charge in [-0.15, -0.1) is 0 Å². The Balaban J connectivity index is 2.69. The summed E-state index contributed by atoms with van der Waals surface area (Å²) in [6, 6.07) is 0. The molecule has 0 saturated carbocycles. The highest BCUT2D eigenvalue weighted by Crippen LogP contribution is 2.19. The van der Waals surface area contributed by atoms with Crippen molar-refractivity contribution >= 4 is 5.91 Å². The van der Waals surface area contributed by atoms with Crippen molar-refractivity contribution < 1.29 is 4.79 Å². The van der Waals surface area contributed by atoms with Gasteiger partial charge in [0.1, 0.15) is 0 Å². The summed E-state index contributed by atoms with van der Waals surface area (Å²) in [5.74, 6) is 0.206. The average Bonchev–Trinajstić information content (AvgIpc) is 2.29. The Kier molecular flexibility index (Phi) is 4.94. The zero-order chi connectivity index (χ0) is 13.0. The van der Waals surface area contributed by atoms with Gasteiger partial charge in [0.2, 0.25) is 5.91 Å². The van der Waals surface area contributed by atoms with Gasteiger partial charge < -0.3 is 9.80 Å². The molecule has 96 valence electrons. The molecule has 0 spiro atoms. The molecule has 17 heavy (non-hydrogen) atoms. The highest BCUT2D eigenvalue weighted by atomic mass is 16.2. The third kappa shape index (κ3) is 4.00. The van der Waals surface area contributed by atoms with Crippen molar-refractivity contribution in [1.29, 1.82) is 0 Å². The zero-order valence-electron chi connectivity index (χ0n) is 11.7. The molecule has 1 amide bonds. The molecule has 0 bridgehead atoms. The summed E-state index contributed by atoms with van der Waals surface area (Å²) in [6.45, 7) is 7.86. The van der Waals surface area contributed by atoms with Gasteiger partial charge in [0.15, 0.2) is 0 Å². The largest absolute Gasteiger partial charge is 0.316 e. The van der Waals surface area contributed by atoms with E-state index in [9.17, 15) is 4.79 Å². The highest BCUT2D eigenvalue weighted by molar-refractivity contribution is 5.82. The van der Waals surface area contributed by atoms with E-state index in [4.69, 9.17) is 0 Å². The van der Waals surface area contributed by atoms with Crippen molar-refractivity contribution in [3.05, 3.63) is 23.4 Å². The first-order valence-electron chi connectivity index (χ1n) is 6.24. The van der Waals surface area contributed by atoms with Crippen molar-refractivity contribution in [1.82, 2.24) is 9.80 Å².